The van der Waals surface area contributed by atoms with E-state index in [-0.39, 0.29) is 5.75 Å². The van der Waals surface area contributed by atoms with E-state index in [1.54, 1.807) is 13.2 Å². The molecule has 1 saturated carbocycles. The van der Waals surface area contributed by atoms with Crippen molar-refractivity contribution < 1.29 is 9.84 Å². The van der Waals surface area contributed by atoms with Crippen molar-refractivity contribution in [3.63, 3.8) is 0 Å². The predicted octanol–water partition coefficient (Wildman–Crippen LogP) is 5.16. The molecule has 0 amide bonds. The average Bonchev–Trinajstić information content (AvgIpc) is 2.76. The molecule has 1 aromatic heterocycles. The second-order valence-corrected chi connectivity index (χ2v) is 8.36. The molecule has 5 nitrogen and oxygen atoms in total. The number of halogens is 1. The number of hydrogen-bond acceptors (Lipinski definition) is 5. The number of rotatable bonds is 7. The number of aromatic nitrogens is 1. The summed E-state index contributed by atoms with van der Waals surface area (Å²) in [7, 11) is 1.58. The van der Waals surface area contributed by atoms with Crippen molar-refractivity contribution in [2.75, 3.05) is 19.0 Å². The fraction of sp³-hybridized carbons (Fsp3) is 0.375. The molecule has 1 aliphatic rings. The number of pyridine rings is 1. The number of phenols is 1. The number of anilines is 1. The number of nitrogens with zero attached hydrogens (tertiary/aromatic N) is 1. The number of hydrogen-bond donors (Lipinski definition) is 3. The first-order chi connectivity index (χ1) is 14.6. The Kier molecular flexibility index (Phi) is 6.60. The minimum absolute atomic E-state index is 0.185. The molecule has 0 saturated heterocycles. The first kappa shape index (κ1) is 20.8. The van der Waals surface area contributed by atoms with Crippen molar-refractivity contribution in [2.45, 2.75) is 44.2 Å². The minimum Gasteiger partial charge on any atom is -0.504 e. The molecule has 2 aromatic carbocycles. The van der Waals surface area contributed by atoms with Crippen LogP contribution in [0.4, 0.5) is 5.69 Å². The van der Waals surface area contributed by atoms with Crippen LogP contribution in [0.1, 0.15) is 31.2 Å². The van der Waals surface area contributed by atoms with Crippen LogP contribution < -0.4 is 15.4 Å². The lowest BCUT2D eigenvalue weighted by molar-refractivity contribution is 0.355. The maximum absolute atomic E-state index is 9.71. The van der Waals surface area contributed by atoms with Crippen LogP contribution in [0.2, 0.25) is 5.02 Å². The Hall–Kier alpha value is -2.50. The molecule has 1 aliphatic carbocycles. The Morgan fingerprint density at radius 3 is 2.67 bits per heavy atom. The molecular weight excluding hydrogens is 398 g/mol. The van der Waals surface area contributed by atoms with Crippen molar-refractivity contribution in [1.82, 2.24) is 10.3 Å². The average molecular weight is 426 g/mol. The summed E-state index contributed by atoms with van der Waals surface area (Å²) in [5.41, 5.74) is 3.22. The SMILES string of the molecule is COc1cc(CCNC2CCC(Nc3ccnc4cc(Cl)ccc34)CC2)ccc1O. The highest BCUT2D eigenvalue weighted by molar-refractivity contribution is 6.31. The molecule has 0 spiro atoms. The van der Waals surface area contributed by atoms with Crippen molar-refractivity contribution in [1.29, 1.82) is 0 Å². The van der Waals surface area contributed by atoms with E-state index in [2.05, 4.69) is 15.6 Å². The summed E-state index contributed by atoms with van der Waals surface area (Å²) < 4.78 is 5.19. The largest absolute Gasteiger partial charge is 0.504 e. The third-order valence-electron chi connectivity index (χ3n) is 5.88. The minimum atomic E-state index is 0.185. The van der Waals surface area contributed by atoms with Gasteiger partial charge in [-0.1, -0.05) is 17.7 Å². The van der Waals surface area contributed by atoms with Gasteiger partial charge in [-0.15, -0.1) is 0 Å². The van der Waals surface area contributed by atoms with Crippen LogP contribution in [-0.4, -0.2) is 35.8 Å². The number of benzene rings is 2. The third-order valence-corrected chi connectivity index (χ3v) is 6.12. The molecule has 0 radical (unpaired) electrons. The standard InChI is InChI=1S/C24H28ClN3O2/c1-30-24-14-16(2-9-23(24)29)10-12-26-18-4-6-19(7-5-18)28-21-11-13-27-22-15-17(25)3-8-20(21)22/h2-3,8-9,11,13-15,18-19,26,29H,4-7,10,12H2,1H3,(H,27,28). The molecular formula is C24H28ClN3O2. The van der Waals surface area contributed by atoms with E-state index in [1.807, 2.05) is 42.6 Å². The highest BCUT2D eigenvalue weighted by atomic mass is 35.5. The second kappa shape index (κ2) is 9.54. The van der Waals surface area contributed by atoms with Crippen molar-refractivity contribution in [3.05, 3.63) is 59.2 Å². The second-order valence-electron chi connectivity index (χ2n) is 7.92. The Morgan fingerprint density at radius 2 is 1.87 bits per heavy atom. The fourth-order valence-electron chi connectivity index (χ4n) is 4.21. The van der Waals surface area contributed by atoms with Gasteiger partial charge < -0.3 is 20.5 Å². The lowest BCUT2D eigenvalue weighted by Crippen LogP contribution is -2.37. The lowest BCUT2D eigenvalue weighted by Gasteiger charge is -2.30. The zero-order valence-electron chi connectivity index (χ0n) is 17.2. The van der Waals surface area contributed by atoms with Gasteiger partial charge in [0, 0.05) is 34.4 Å². The van der Waals surface area contributed by atoms with E-state index in [1.165, 1.54) is 0 Å². The number of nitrogens with one attached hydrogen (secondary N) is 2. The van der Waals surface area contributed by atoms with Crippen LogP contribution in [0.3, 0.4) is 0 Å². The van der Waals surface area contributed by atoms with E-state index in [0.717, 1.165) is 60.8 Å². The number of ether oxygens (including phenoxy) is 1. The summed E-state index contributed by atoms with van der Waals surface area (Å²) in [4.78, 5) is 4.43. The van der Waals surface area contributed by atoms with E-state index >= 15 is 0 Å². The van der Waals surface area contributed by atoms with E-state index < -0.39 is 0 Å². The van der Waals surface area contributed by atoms with Crippen LogP contribution >= 0.6 is 11.6 Å². The monoisotopic (exact) mass is 425 g/mol. The molecule has 0 bridgehead atoms. The van der Waals surface area contributed by atoms with E-state index in [0.29, 0.717) is 22.9 Å². The van der Waals surface area contributed by atoms with Gasteiger partial charge in [0.2, 0.25) is 0 Å². The van der Waals surface area contributed by atoms with Crippen molar-refractivity contribution in [3.8, 4) is 11.5 Å². The summed E-state index contributed by atoms with van der Waals surface area (Å²) >= 11 is 6.10. The Balaban J connectivity index is 1.25. The maximum atomic E-state index is 9.71. The van der Waals surface area contributed by atoms with Gasteiger partial charge in [0.05, 0.1) is 12.6 Å². The number of phenolic OH excluding ortho intramolecular Hbond substituents is 1. The molecule has 1 fully saturated rings. The predicted molar refractivity (Wildman–Crippen MR) is 123 cm³/mol. The summed E-state index contributed by atoms with van der Waals surface area (Å²) in [5.74, 6) is 0.718. The molecule has 0 unspecified atom stereocenters. The zero-order chi connectivity index (χ0) is 20.9. The number of fused-ring (bicyclic) bond motifs is 1. The van der Waals surface area contributed by atoms with Gasteiger partial charge >= 0.3 is 0 Å². The van der Waals surface area contributed by atoms with Gasteiger partial charge in [0.1, 0.15) is 0 Å². The van der Waals surface area contributed by atoms with Gasteiger partial charge in [0.25, 0.3) is 0 Å². The van der Waals surface area contributed by atoms with E-state index in [4.69, 9.17) is 16.3 Å². The van der Waals surface area contributed by atoms with Gasteiger partial charge in [0.15, 0.2) is 11.5 Å². The third kappa shape index (κ3) is 4.97. The van der Waals surface area contributed by atoms with Gasteiger partial charge in [-0.05, 0) is 80.6 Å². The van der Waals surface area contributed by atoms with Crippen LogP contribution in [0, 0.1) is 0 Å². The van der Waals surface area contributed by atoms with Crippen molar-refractivity contribution >= 4 is 28.2 Å². The molecule has 3 aromatic rings. The lowest BCUT2D eigenvalue weighted by atomic mass is 9.90. The molecule has 0 atom stereocenters. The molecule has 0 aliphatic heterocycles. The highest BCUT2D eigenvalue weighted by Crippen LogP contribution is 2.29. The first-order valence-corrected chi connectivity index (χ1v) is 10.9. The number of aromatic hydroxyl groups is 1. The Labute approximate surface area is 182 Å². The summed E-state index contributed by atoms with van der Waals surface area (Å²) in [6.07, 6.45) is 7.36. The van der Waals surface area contributed by atoms with Gasteiger partial charge in [-0.2, -0.15) is 0 Å². The Morgan fingerprint density at radius 1 is 1.07 bits per heavy atom. The summed E-state index contributed by atoms with van der Waals surface area (Å²) in [6, 6.07) is 14.5. The smallest absolute Gasteiger partial charge is 0.160 e. The van der Waals surface area contributed by atoms with E-state index in [9.17, 15) is 5.11 Å². The molecule has 1 heterocycles. The molecule has 6 heteroatoms. The van der Waals surface area contributed by atoms with Crippen LogP contribution in [0.15, 0.2) is 48.7 Å². The normalized spacial score (nSPS) is 19.0. The van der Waals surface area contributed by atoms with Crippen LogP contribution in [0.25, 0.3) is 10.9 Å². The maximum Gasteiger partial charge on any atom is 0.160 e. The topological polar surface area (TPSA) is 66.4 Å². The fourth-order valence-corrected chi connectivity index (χ4v) is 4.37. The zero-order valence-corrected chi connectivity index (χ0v) is 18.0. The Bertz CT molecular complexity index is 1000. The van der Waals surface area contributed by atoms with Gasteiger partial charge in [-0.25, -0.2) is 0 Å². The highest BCUT2D eigenvalue weighted by Gasteiger charge is 2.21. The number of methoxy groups -OCH3 is 1. The van der Waals surface area contributed by atoms with Crippen molar-refractivity contribution in [2.24, 2.45) is 0 Å². The molecule has 3 N–H and O–H groups in total. The molecule has 30 heavy (non-hydrogen) atoms. The van der Waals surface area contributed by atoms with Gasteiger partial charge in [-0.3, -0.25) is 4.98 Å². The first-order valence-electron chi connectivity index (χ1n) is 10.5. The molecule has 4 rings (SSSR count). The summed E-state index contributed by atoms with van der Waals surface area (Å²) in [5, 5.41) is 18.9. The van der Waals surface area contributed by atoms with Crippen LogP contribution in [-0.2, 0) is 6.42 Å². The summed E-state index contributed by atoms with van der Waals surface area (Å²) in [6.45, 7) is 0.923. The van der Waals surface area contributed by atoms with Crippen LogP contribution in [0.5, 0.6) is 11.5 Å². The quantitative estimate of drug-likeness (QED) is 0.488. The molecule has 158 valence electrons.